The van der Waals surface area contributed by atoms with Gasteiger partial charge in [-0.3, -0.25) is 33.8 Å². The van der Waals surface area contributed by atoms with Crippen molar-refractivity contribution >= 4 is 34.7 Å². The second kappa shape index (κ2) is 12.1. The zero-order valence-electron chi connectivity index (χ0n) is 25.8. The van der Waals surface area contributed by atoms with E-state index < -0.39 is 71.0 Å². The van der Waals surface area contributed by atoms with E-state index in [0.29, 0.717) is 23.4 Å². The number of fused-ring (bicyclic) bond motifs is 3. The Morgan fingerprint density at radius 2 is 1.71 bits per heavy atom. The van der Waals surface area contributed by atoms with Crippen molar-refractivity contribution in [3.63, 3.8) is 0 Å². The van der Waals surface area contributed by atoms with Crippen LogP contribution >= 0.6 is 0 Å². The first kappa shape index (κ1) is 32.4. The molecular formula is C33H39FN4O7. The number of aliphatic hydroxyl groups is 1. The highest BCUT2D eigenvalue weighted by Crippen LogP contribution is 2.52. The number of amides is 1. The average molecular weight is 623 g/mol. The fourth-order valence-electron chi connectivity index (χ4n) is 7.64. The van der Waals surface area contributed by atoms with E-state index in [1.807, 2.05) is 30.3 Å². The molecule has 2 aromatic carbocycles. The zero-order valence-corrected chi connectivity index (χ0v) is 25.8. The topological polar surface area (TPSA) is 162 Å². The Kier molecular flexibility index (Phi) is 8.69. The number of anilines is 1. The smallest absolute Gasteiger partial charge is 0.235 e. The Bertz CT molecular complexity index is 1560. The average Bonchev–Trinajstić information content (AvgIpc) is 2.96. The molecule has 2 unspecified atom stereocenters. The van der Waals surface area contributed by atoms with Crippen LogP contribution in [0.15, 0.2) is 36.4 Å². The van der Waals surface area contributed by atoms with Crippen LogP contribution in [0.2, 0.25) is 0 Å². The van der Waals surface area contributed by atoms with Gasteiger partial charge in [-0.2, -0.15) is 0 Å². The molecule has 2 fully saturated rings. The summed E-state index contributed by atoms with van der Waals surface area (Å²) in [6.07, 6.45) is 0.131. The van der Waals surface area contributed by atoms with E-state index in [2.05, 4.69) is 0 Å². The fraction of sp³-hybridized carbons (Fsp3) is 0.485. The van der Waals surface area contributed by atoms with Gasteiger partial charge in [0.05, 0.1) is 17.5 Å². The zero-order chi connectivity index (χ0) is 33.0. The van der Waals surface area contributed by atoms with E-state index in [0.717, 1.165) is 5.56 Å². The van der Waals surface area contributed by atoms with Crippen molar-refractivity contribution in [2.24, 2.45) is 29.4 Å². The van der Waals surface area contributed by atoms with Gasteiger partial charge in [-0.25, -0.2) is 4.39 Å². The Labute approximate surface area is 260 Å². The second-order valence-electron chi connectivity index (χ2n) is 12.8. The van der Waals surface area contributed by atoms with Crippen LogP contribution in [-0.4, -0.2) is 102 Å². The highest BCUT2D eigenvalue weighted by molar-refractivity contribution is 6.32. The van der Waals surface area contributed by atoms with Crippen LogP contribution in [0.25, 0.3) is 0 Å². The van der Waals surface area contributed by atoms with Crippen molar-refractivity contribution in [2.45, 2.75) is 37.6 Å². The summed E-state index contributed by atoms with van der Waals surface area (Å²) < 4.78 is 13.6. The van der Waals surface area contributed by atoms with E-state index in [4.69, 9.17) is 5.73 Å². The number of carbonyl (C=O) groups excluding carboxylic acids is 5. The van der Waals surface area contributed by atoms with Gasteiger partial charge in [0.25, 0.3) is 0 Å². The highest BCUT2D eigenvalue weighted by atomic mass is 19.1. The van der Waals surface area contributed by atoms with Gasteiger partial charge < -0.3 is 20.8 Å². The number of aromatic hydroxyl groups is 1. The SMILES string of the molecule is CN(C)c1cc(CN(CCF)Cc2ccccc2)c(O)c2c1C[C@H]1C[C@H]3[C@H](N(C)C)C(=O)C(C(N)=O)C(=O)[C@@]3(O)C(=O)C1C2=O. The normalized spacial score (nSPS) is 27.8. The lowest BCUT2D eigenvalue weighted by atomic mass is 9.52. The first-order valence-corrected chi connectivity index (χ1v) is 15.0. The second-order valence-corrected chi connectivity index (χ2v) is 12.8. The summed E-state index contributed by atoms with van der Waals surface area (Å²) >= 11 is 0. The molecule has 0 heterocycles. The monoisotopic (exact) mass is 622 g/mol. The minimum atomic E-state index is -2.79. The number of Topliss-reactive ketones (excluding diaryl/α,β-unsaturated/α-hetero) is 4. The maximum absolute atomic E-state index is 14.3. The molecule has 0 aliphatic heterocycles. The Balaban J connectivity index is 1.59. The number of benzene rings is 2. The van der Waals surface area contributed by atoms with Crippen LogP contribution in [0.4, 0.5) is 10.1 Å². The summed E-state index contributed by atoms with van der Waals surface area (Å²) in [5, 5.41) is 23.4. The number of phenolic OH excluding ortho intramolecular Hbond substituents is 1. The summed E-state index contributed by atoms with van der Waals surface area (Å²) in [4.78, 5) is 72.5. The molecule has 3 aliphatic carbocycles. The number of phenols is 1. The molecule has 0 bridgehead atoms. The Morgan fingerprint density at radius 3 is 2.29 bits per heavy atom. The Morgan fingerprint density at radius 1 is 1.04 bits per heavy atom. The van der Waals surface area contributed by atoms with Crippen LogP contribution < -0.4 is 10.6 Å². The fourth-order valence-corrected chi connectivity index (χ4v) is 7.64. The number of alkyl halides is 1. The largest absolute Gasteiger partial charge is 0.507 e. The van der Waals surface area contributed by atoms with E-state index in [1.165, 1.54) is 4.90 Å². The highest BCUT2D eigenvalue weighted by Gasteiger charge is 2.69. The maximum atomic E-state index is 14.3. The van der Waals surface area contributed by atoms with Gasteiger partial charge in [0.15, 0.2) is 34.7 Å². The number of carbonyl (C=O) groups is 5. The molecule has 4 N–H and O–H groups in total. The summed E-state index contributed by atoms with van der Waals surface area (Å²) in [6.45, 7) is -0.0690. The molecule has 2 saturated carbocycles. The predicted molar refractivity (Wildman–Crippen MR) is 162 cm³/mol. The van der Waals surface area contributed by atoms with Crippen molar-refractivity contribution in [1.82, 2.24) is 9.80 Å². The number of hydrogen-bond acceptors (Lipinski definition) is 10. The van der Waals surface area contributed by atoms with Crippen molar-refractivity contribution in [2.75, 3.05) is 46.3 Å². The van der Waals surface area contributed by atoms with Crippen molar-refractivity contribution < 1.29 is 38.6 Å². The lowest BCUT2D eigenvalue weighted by Crippen LogP contribution is -2.74. The predicted octanol–water partition coefficient (Wildman–Crippen LogP) is 0.905. The minimum absolute atomic E-state index is 0.0272. The van der Waals surface area contributed by atoms with Gasteiger partial charge in [0.2, 0.25) is 5.91 Å². The van der Waals surface area contributed by atoms with Crippen molar-refractivity contribution in [1.29, 1.82) is 0 Å². The van der Waals surface area contributed by atoms with Gasteiger partial charge in [-0.15, -0.1) is 0 Å². The number of nitrogens with two attached hydrogens (primary N) is 1. The number of primary amides is 1. The lowest BCUT2D eigenvalue weighted by molar-refractivity contribution is -0.181. The third kappa shape index (κ3) is 5.24. The van der Waals surface area contributed by atoms with Crippen LogP contribution in [0.1, 0.15) is 33.5 Å². The molecule has 0 radical (unpaired) electrons. The van der Waals surface area contributed by atoms with Crippen LogP contribution in [0.5, 0.6) is 5.75 Å². The third-order valence-electron chi connectivity index (χ3n) is 9.64. The molecule has 2 aromatic rings. The molecule has 0 spiro atoms. The number of ketones is 4. The summed E-state index contributed by atoms with van der Waals surface area (Å²) in [5.41, 5.74) is 4.96. The van der Waals surface area contributed by atoms with Crippen LogP contribution in [0, 0.1) is 23.7 Å². The summed E-state index contributed by atoms with van der Waals surface area (Å²) in [6, 6.07) is 10.0. The maximum Gasteiger partial charge on any atom is 0.235 e. The lowest BCUT2D eigenvalue weighted by Gasteiger charge is -2.52. The van der Waals surface area contributed by atoms with Crippen molar-refractivity contribution in [3.05, 3.63) is 58.7 Å². The van der Waals surface area contributed by atoms with Crippen LogP contribution in [-0.2, 0) is 38.7 Å². The molecule has 0 aromatic heterocycles. The van der Waals surface area contributed by atoms with Crippen molar-refractivity contribution in [3.8, 4) is 5.75 Å². The third-order valence-corrected chi connectivity index (χ3v) is 9.64. The molecular weight excluding hydrogens is 583 g/mol. The molecule has 11 nitrogen and oxygen atoms in total. The molecule has 12 heteroatoms. The Hall–Kier alpha value is -4.00. The molecule has 45 heavy (non-hydrogen) atoms. The first-order chi connectivity index (χ1) is 21.2. The van der Waals surface area contributed by atoms with Gasteiger partial charge >= 0.3 is 0 Å². The number of hydrogen-bond donors (Lipinski definition) is 3. The van der Waals surface area contributed by atoms with Gasteiger partial charge in [0.1, 0.15) is 12.4 Å². The number of halogens is 1. The van der Waals surface area contributed by atoms with E-state index in [1.54, 1.807) is 44.1 Å². The quantitative estimate of drug-likeness (QED) is 0.343. The summed E-state index contributed by atoms with van der Waals surface area (Å²) in [7, 11) is 6.65. The molecule has 0 saturated heterocycles. The van der Waals surface area contributed by atoms with Gasteiger partial charge in [0, 0.05) is 50.9 Å². The van der Waals surface area contributed by atoms with E-state index in [-0.39, 0.29) is 37.2 Å². The molecule has 6 atom stereocenters. The van der Waals surface area contributed by atoms with Gasteiger partial charge in [-0.1, -0.05) is 30.3 Å². The molecule has 240 valence electrons. The van der Waals surface area contributed by atoms with Crippen LogP contribution in [0.3, 0.4) is 0 Å². The standard InChI is InChI=1S/C33H39FN4O7/c1-36(2)22-14-19(16-38(11-10-34)15-17-8-6-5-7-9-17)27(39)24-20(22)12-18-13-21-26(37(3)4)29(41)25(32(35)44)31(43)33(21,45)30(42)23(18)28(24)40/h5-9,14,18,21,23,25-26,39,45H,10-13,15-16H2,1-4H3,(H2,35,44)/t18-,21-,23?,25?,26-,33-/m0/s1. The number of nitrogens with zero attached hydrogens (tertiary/aromatic N) is 3. The number of rotatable bonds is 9. The molecule has 5 rings (SSSR count). The van der Waals surface area contributed by atoms with E-state index in [9.17, 15) is 38.6 Å². The minimum Gasteiger partial charge on any atom is -0.507 e. The first-order valence-electron chi connectivity index (χ1n) is 15.0. The molecule has 1 amide bonds. The summed E-state index contributed by atoms with van der Waals surface area (Å²) in [5.74, 6) is -10.9. The van der Waals surface area contributed by atoms with E-state index >= 15 is 0 Å². The molecule has 3 aliphatic rings. The number of likely N-dealkylation sites (N-methyl/N-ethyl adjacent to an activating group) is 1. The van der Waals surface area contributed by atoms with Gasteiger partial charge in [-0.05, 0) is 50.0 Å².